The van der Waals surface area contributed by atoms with E-state index in [1.807, 2.05) is 17.0 Å². The number of halogens is 1. The second-order valence-electron chi connectivity index (χ2n) is 6.11. The van der Waals surface area contributed by atoms with Gasteiger partial charge >= 0.3 is 0 Å². The third-order valence-corrected chi connectivity index (χ3v) is 4.51. The lowest BCUT2D eigenvalue weighted by molar-refractivity contribution is -0.131. The van der Waals surface area contributed by atoms with Gasteiger partial charge in [0.25, 0.3) is 0 Å². The average Bonchev–Trinajstić information content (AvgIpc) is 2.65. The van der Waals surface area contributed by atoms with Crippen LogP contribution in [0.15, 0.2) is 54.6 Å². The zero-order valence-corrected chi connectivity index (χ0v) is 15.3. The maximum atomic E-state index is 12.6. The highest BCUT2D eigenvalue weighted by Gasteiger charge is 2.28. The number of ether oxygens (including phenoxy) is 1. The molecule has 2 aromatic carbocycles. The lowest BCUT2D eigenvalue weighted by Gasteiger charge is -2.35. The monoisotopic (exact) mass is 360 g/mol. The van der Waals surface area contributed by atoms with Gasteiger partial charge in [-0.15, -0.1) is 12.4 Å². The summed E-state index contributed by atoms with van der Waals surface area (Å²) in [5.74, 6) is 0.376. The summed E-state index contributed by atoms with van der Waals surface area (Å²) in [6.07, 6.45) is 0. The van der Waals surface area contributed by atoms with Gasteiger partial charge in [-0.1, -0.05) is 54.6 Å². The fourth-order valence-corrected chi connectivity index (χ4v) is 3.25. The van der Waals surface area contributed by atoms with E-state index in [4.69, 9.17) is 4.74 Å². The summed E-state index contributed by atoms with van der Waals surface area (Å²) >= 11 is 0. The van der Waals surface area contributed by atoms with E-state index in [2.05, 4.69) is 47.8 Å². The highest BCUT2D eigenvalue weighted by atomic mass is 35.5. The van der Waals surface area contributed by atoms with Crippen LogP contribution in [-0.2, 0) is 16.1 Å². The van der Waals surface area contributed by atoms with Crippen LogP contribution in [0, 0.1) is 0 Å². The molecule has 1 amide bonds. The summed E-state index contributed by atoms with van der Waals surface area (Å²) in [4.78, 5) is 14.5. The van der Waals surface area contributed by atoms with Crippen LogP contribution >= 0.6 is 12.4 Å². The molecule has 134 valence electrons. The number of hydrogen-bond donors (Lipinski definition) is 1. The molecule has 0 aliphatic carbocycles. The maximum Gasteiger partial charge on any atom is 0.236 e. The molecule has 0 saturated heterocycles. The van der Waals surface area contributed by atoms with Crippen molar-refractivity contribution in [1.29, 1.82) is 0 Å². The topological polar surface area (TPSA) is 41.6 Å². The molecule has 1 N–H and O–H groups in total. The second-order valence-corrected chi connectivity index (χ2v) is 6.11. The normalized spacial score (nSPS) is 16.0. The summed E-state index contributed by atoms with van der Waals surface area (Å²) in [6, 6.07) is 18.9. The molecule has 1 heterocycles. The van der Waals surface area contributed by atoms with Crippen molar-refractivity contribution in [3.05, 3.63) is 71.3 Å². The largest absolute Gasteiger partial charge is 0.383 e. The first-order valence-electron chi connectivity index (χ1n) is 8.39. The van der Waals surface area contributed by atoms with Crippen LogP contribution in [0.1, 0.15) is 22.6 Å². The number of amides is 1. The molecule has 5 heteroatoms. The molecule has 0 bridgehead atoms. The highest BCUT2D eigenvalue weighted by Crippen LogP contribution is 2.33. The Hall–Kier alpha value is -1.88. The fourth-order valence-electron chi connectivity index (χ4n) is 3.25. The molecule has 0 aromatic heterocycles. The Morgan fingerprint density at radius 1 is 1.16 bits per heavy atom. The summed E-state index contributed by atoms with van der Waals surface area (Å²) in [5, 5.41) is 3.15. The summed E-state index contributed by atoms with van der Waals surface area (Å²) in [7, 11) is 1.66. The first-order valence-corrected chi connectivity index (χ1v) is 8.39. The van der Waals surface area contributed by atoms with Crippen molar-refractivity contribution < 1.29 is 9.53 Å². The molecule has 3 rings (SSSR count). The van der Waals surface area contributed by atoms with E-state index in [1.165, 1.54) is 16.7 Å². The number of nitrogens with one attached hydrogen (secondary N) is 1. The van der Waals surface area contributed by atoms with E-state index in [1.54, 1.807) is 7.11 Å². The molecule has 1 atom stereocenters. The van der Waals surface area contributed by atoms with E-state index in [9.17, 15) is 4.79 Å². The van der Waals surface area contributed by atoms with Crippen molar-refractivity contribution in [2.24, 2.45) is 0 Å². The number of carbonyl (C=O) groups excluding carboxylic acids is 1. The number of rotatable bonds is 6. The van der Waals surface area contributed by atoms with E-state index < -0.39 is 0 Å². The molecule has 0 saturated carbocycles. The van der Waals surface area contributed by atoms with Crippen molar-refractivity contribution in [2.75, 3.05) is 33.4 Å². The smallest absolute Gasteiger partial charge is 0.236 e. The Balaban J connectivity index is 0.00000225. The van der Waals surface area contributed by atoms with Crippen LogP contribution in [0.2, 0.25) is 0 Å². The van der Waals surface area contributed by atoms with Crippen molar-refractivity contribution in [1.82, 2.24) is 10.2 Å². The van der Waals surface area contributed by atoms with Gasteiger partial charge in [-0.05, 0) is 16.7 Å². The molecule has 0 fully saturated rings. The Labute approximate surface area is 155 Å². The predicted octanol–water partition coefficient (Wildman–Crippen LogP) is 2.82. The Morgan fingerprint density at radius 2 is 1.88 bits per heavy atom. The minimum absolute atomic E-state index is 0. The number of hydrogen-bond acceptors (Lipinski definition) is 3. The van der Waals surface area contributed by atoms with Crippen LogP contribution in [0.25, 0.3) is 0 Å². The lowest BCUT2D eigenvalue weighted by Crippen LogP contribution is -2.43. The Bertz CT molecular complexity index is 678. The molecule has 0 radical (unpaired) electrons. The summed E-state index contributed by atoms with van der Waals surface area (Å²) < 4.78 is 5.00. The van der Waals surface area contributed by atoms with Gasteiger partial charge in [-0.25, -0.2) is 0 Å². The maximum absolute atomic E-state index is 12.6. The molecule has 25 heavy (non-hydrogen) atoms. The Kier molecular flexibility index (Phi) is 7.44. The fraction of sp³-hybridized carbons (Fsp3) is 0.350. The molecule has 1 aliphatic heterocycles. The van der Waals surface area contributed by atoms with Gasteiger partial charge in [-0.3, -0.25) is 4.79 Å². The van der Waals surface area contributed by atoms with Gasteiger partial charge in [0.05, 0.1) is 13.2 Å². The first-order chi connectivity index (χ1) is 11.8. The van der Waals surface area contributed by atoms with Gasteiger partial charge in [0.2, 0.25) is 5.91 Å². The molecular formula is C20H25ClN2O2. The molecule has 1 aliphatic rings. The van der Waals surface area contributed by atoms with E-state index in [-0.39, 0.29) is 24.2 Å². The van der Waals surface area contributed by atoms with Crippen molar-refractivity contribution in [2.45, 2.75) is 12.5 Å². The number of nitrogens with zero attached hydrogens (tertiary/aromatic N) is 1. The average molecular weight is 361 g/mol. The highest BCUT2D eigenvalue weighted by molar-refractivity contribution is 5.85. The van der Waals surface area contributed by atoms with Crippen LogP contribution in [0.4, 0.5) is 0 Å². The zero-order valence-electron chi connectivity index (χ0n) is 14.5. The number of fused-ring (bicyclic) bond motifs is 1. The molecule has 0 spiro atoms. The van der Waals surface area contributed by atoms with Crippen LogP contribution in [-0.4, -0.2) is 44.2 Å². The number of benzene rings is 2. The minimum atomic E-state index is 0. The van der Waals surface area contributed by atoms with Crippen LogP contribution < -0.4 is 5.32 Å². The van der Waals surface area contributed by atoms with Crippen molar-refractivity contribution in [3.63, 3.8) is 0 Å². The summed E-state index contributed by atoms with van der Waals surface area (Å²) in [6.45, 7) is 3.07. The van der Waals surface area contributed by atoms with Crippen LogP contribution in [0.3, 0.4) is 0 Å². The van der Waals surface area contributed by atoms with E-state index >= 15 is 0 Å². The SMILES string of the molecule is COCCNCC(=O)N1Cc2ccccc2C(c2ccccc2)C1.Cl. The van der Waals surface area contributed by atoms with Gasteiger partial charge < -0.3 is 15.0 Å². The quantitative estimate of drug-likeness (QED) is 0.805. The minimum Gasteiger partial charge on any atom is -0.383 e. The zero-order chi connectivity index (χ0) is 16.8. The van der Waals surface area contributed by atoms with Gasteiger partial charge in [0, 0.05) is 32.7 Å². The van der Waals surface area contributed by atoms with Crippen molar-refractivity contribution in [3.8, 4) is 0 Å². The second kappa shape index (κ2) is 9.56. The van der Waals surface area contributed by atoms with Gasteiger partial charge in [0.15, 0.2) is 0 Å². The molecule has 1 unspecified atom stereocenters. The lowest BCUT2D eigenvalue weighted by atomic mass is 9.84. The molecule has 4 nitrogen and oxygen atoms in total. The van der Waals surface area contributed by atoms with Crippen LogP contribution in [0.5, 0.6) is 0 Å². The van der Waals surface area contributed by atoms with Gasteiger partial charge in [-0.2, -0.15) is 0 Å². The predicted molar refractivity (Wildman–Crippen MR) is 102 cm³/mol. The Morgan fingerprint density at radius 3 is 2.64 bits per heavy atom. The third kappa shape index (κ3) is 4.82. The summed E-state index contributed by atoms with van der Waals surface area (Å²) in [5.41, 5.74) is 3.83. The van der Waals surface area contributed by atoms with E-state index in [0.29, 0.717) is 26.2 Å². The molecular weight excluding hydrogens is 336 g/mol. The number of methoxy groups -OCH3 is 1. The van der Waals surface area contributed by atoms with Crippen molar-refractivity contribution >= 4 is 18.3 Å². The van der Waals surface area contributed by atoms with Gasteiger partial charge in [0.1, 0.15) is 0 Å². The standard InChI is InChI=1S/C20H24N2O2.ClH/c1-24-12-11-21-13-20(23)22-14-17-9-5-6-10-18(17)19(15-22)16-7-3-2-4-8-16;/h2-10,19,21H,11-15H2,1H3;1H. The first kappa shape index (κ1) is 19.4. The third-order valence-electron chi connectivity index (χ3n) is 4.51. The molecule has 2 aromatic rings. The number of carbonyl (C=O) groups is 1. The van der Waals surface area contributed by atoms with E-state index in [0.717, 1.165) is 6.54 Å².